The van der Waals surface area contributed by atoms with Crippen molar-refractivity contribution < 1.29 is 0 Å². The van der Waals surface area contributed by atoms with Gasteiger partial charge in [0.1, 0.15) is 6.54 Å². The summed E-state index contributed by atoms with van der Waals surface area (Å²) >= 11 is 0. The summed E-state index contributed by atoms with van der Waals surface area (Å²) in [5, 5.41) is 0. The lowest BCUT2D eigenvalue weighted by atomic mass is 10.4. The molecule has 1 radical (unpaired) electrons. The minimum atomic E-state index is 0.886. The Balaban J connectivity index is 3.07. The van der Waals surface area contributed by atoms with Crippen molar-refractivity contribution in [2.75, 3.05) is 19.6 Å². The fraction of sp³-hybridized carbons (Fsp3) is 0.714. The van der Waals surface area contributed by atoms with Gasteiger partial charge in [0.2, 0.25) is 0 Å². The van der Waals surface area contributed by atoms with E-state index in [2.05, 4.69) is 25.7 Å². The second-order valence-corrected chi connectivity index (χ2v) is 1.84. The maximum Gasteiger partial charge on any atom is 0.138 e. The van der Waals surface area contributed by atoms with Gasteiger partial charge in [-0.2, -0.15) is 0 Å². The molecular weight excluding hydrogens is 98.1 g/mol. The molecule has 0 bridgehead atoms. The predicted octanol–water partition coefficient (Wildman–Crippen LogP) is 1.37. The molecule has 0 spiro atoms. The number of hydrogen-bond donors (Lipinski definition) is 0. The Morgan fingerprint density at radius 3 is 2.38 bits per heavy atom. The highest BCUT2D eigenvalue weighted by atomic mass is 15.1. The van der Waals surface area contributed by atoms with Crippen molar-refractivity contribution in [2.24, 2.45) is 0 Å². The van der Waals surface area contributed by atoms with E-state index in [1.165, 1.54) is 6.42 Å². The van der Waals surface area contributed by atoms with E-state index in [1.807, 2.05) is 0 Å². The fourth-order valence-electron chi connectivity index (χ4n) is 0.652. The Hall–Kier alpha value is -0.170. The average molecular weight is 113 g/mol. The topological polar surface area (TPSA) is 3.24 Å². The summed E-state index contributed by atoms with van der Waals surface area (Å²) in [7, 11) is 0. The van der Waals surface area contributed by atoms with Crippen molar-refractivity contribution in [3.8, 4) is 0 Å². The first-order chi connectivity index (χ1) is 3.85. The SMILES string of the molecule is [CH2]CN(C[CH2+])CCC. The quantitative estimate of drug-likeness (QED) is 0.498. The highest BCUT2D eigenvalue weighted by Crippen LogP contribution is 1.86. The molecule has 0 aromatic carbocycles. The van der Waals surface area contributed by atoms with Crippen LogP contribution in [-0.2, 0) is 0 Å². The molecule has 1 heteroatoms. The first-order valence-electron chi connectivity index (χ1n) is 3.16. The molecule has 0 aromatic heterocycles. The van der Waals surface area contributed by atoms with Gasteiger partial charge in [0.15, 0.2) is 0 Å². The summed E-state index contributed by atoms with van der Waals surface area (Å²) in [6, 6.07) is 0. The summed E-state index contributed by atoms with van der Waals surface area (Å²) in [6.07, 6.45) is 1.20. The lowest BCUT2D eigenvalue weighted by molar-refractivity contribution is 0.333. The summed E-state index contributed by atoms with van der Waals surface area (Å²) in [5.41, 5.74) is 0. The van der Waals surface area contributed by atoms with Crippen LogP contribution in [0.2, 0.25) is 0 Å². The molecule has 0 heterocycles. The standard InChI is InChI=1S/C7H15N/c1-4-7-8(5-2)6-3/h2-7H2,1H3/q+1. The molecule has 0 amide bonds. The van der Waals surface area contributed by atoms with Crippen LogP contribution < -0.4 is 0 Å². The monoisotopic (exact) mass is 113 g/mol. The van der Waals surface area contributed by atoms with Crippen molar-refractivity contribution >= 4 is 0 Å². The van der Waals surface area contributed by atoms with E-state index in [-0.39, 0.29) is 0 Å². The van der Waals surface area contributed by atoms with Gasteiger partial charge in [0, 0.05) is 13.1 Å². The summed E-state index contributed by atoms with van der Waals surface area (Å²) in [5.74, 6) is 0. The zero-order valence-corrected chi connectivity index (χ0v) is 5.69. The van der Waals surface area contributed by atoms with Gasteiger partial charge in [-0.3, -0.25) is 4.90 Å². The van der Waals surface area contributed by atoms with Gasteiger partial charge in [-0.15, -0.1) is 0 Å². The normalized spacial score (nSPS) is 10.4. The highest BCUT2D eigenvalue weighted by molar-refractivity contribution is 4.57. The van der Waals surface area contributed by atoms with E-state index in [9.17, 15) is 0 Å². The Kier molecular flexibility index (Phi) is 4.87. The van der Waals surface area contributed by atoms with Crippen molar-refractivity contribution in [3.05, 3.63) is 13.8 Å². The van der Waals surface area contributed by atoms with E-state index >= 15 is 0 Å². The minimum absolute atomic E-state index is 0.886. The van der Waals surface area contributed by atoms with Crippen LogP contribution in [0.5, 0.6) is 0 Å². The van der Waals surface area contributed by atoms with Crippen LogP contribution in [-0.4, -0.2) is 24.5 Å². The maximum atomic E-state index is 3.76. The molecule has 0 atom stereocenters. The Bertz CT molecular complexity index is 39.7. The molecule has 0 unspecified atom stereocenters. The van der Waals surface area contributed by atoms with E-state index in [4.69, 9.17) is 0 Å². The molecule has 0 aliphatic rings. The van der Waals surface area contributed by atoms with E-state index < -0.39 is 0 Å². The summed E-state index contributed by atoms with van der Waals surface area (Å²) < 4.78 is 0. The molecule has 0 fully saturated rings. The molecule has 8 heavy (non-hydrogen) atoms. The molecule has 0 aliphatic carbocycles. The highest BCUT2D eigenvalue weighted by Gasteiger charge is 1.97. The second kappa shape index (κ2) is 4.98. The molecule has 1 nitrogen and oxygen atoms in total. The van der Waals surface area contributed by atoms with Crippen LogP contribution in [0.15, 0.2) is 0 Å². The predicted molar refractivity (Wildman–Crippen MR) is 37.4 cm³/mol. The van der Waals surface area contributed by atoms with Gasteiger partial charge in [-0.05, 0) is 13.3 Å². The molecule has 0 saturated heterocycles. The first-order valence-corrected chi connectivity index (χ1v) is 3.16. The van der Waals surface area contributed by atoms with Crippen LogP contribution in [0, 0.1) is 13.8 Å². The smallest absolute Gasteiger partial charge is 0.138 e. The summed E-state index contributed by atoms with van der Waals surface area (Å²) in [6.45, 7) is 12.6. The zero-order chi connectivity index (χ0) is 6.41. The molecule has 0 saturated carbocycles. The third-order valence-corrected chi connectivity index (χ3v) is 1.17. The molecular formula is C7H15N+. The van der Waals surface area contributed by atoms with Crippen molar-refractivity contribution in [1.82, 2.24) is 4.90 Å². The third-order valence-electron chi connectivity index (χ3n) is 1.17. The average Bonchev–Trinajstić information content (AvgIpc) is 1.83. The Morgan fingerprint density at radius 1 is 1.62 bits per heavy atom. The number of hydrogen-bond acceptors (Lipinski definition) is 1. The van der Waals surface area contributed by atoms with Crippen LogP contribution in [0.4, 0.5) is 0 Å². The van der Waals surface area contributed by atoms with Crippen molar-refractivity contribution in [1.29, 1.82) is 0 Å². The molecule has 0 aliphatic heterocycles. The molecule has 0 rings (SSSR count). The van der Waals surface area contributed by atoms with Gasteiger partial charge >= 0.3 is 0 Å². The third kappa shape index (κ3) is 2.92. The summed E-state index contributed by atoms with van der Waals surface area (Å²) in [4.78, 5) is 2.21. The second-order valence-electron chi connectivity index (χ2n) is 1.84. The van der Waals surface area contributed by atoms with Crippen molar-refractivity contribution in [2.45, 2.75) is 13.3 Å². The molecule has 0 N–H and O–H groups in total. The van der Waals surface area contributed by atoms with Crippen LogP contribution in [0.25, 0.3) is 0 Å². The van der Waals surface area contributed by atoms with Gasteiger partial charge in [-0.25, -0.2) is 0 Å². The van der Waals surface area contributed by atoms with Gasteiger partial charge in [0.25, 0.3) is 0 Å². The molecule has 47 valence electrons. The van der Waals surface area contributed by atoms with Crippen LogP contribution >= 0.6 is 0 Å². The van der Waals surface area contributed by atoms with E-state index in [1.54, 1.807) is 0 Å². The van der Waals surface area contributed by atoms with Crippen LogP contribution in [0.1, 0.15) is 13.3 Å². The number of rotatable bonds is 4. The van der Waals surface area contributed by atoms with E-state index in [0.29, 0.717) is 0 Å². The molecule has 0 aromatic rings. The minimum Gasteiger partial charge on any atom is -0.266 e. The Morgan fingerprint density at radius 2 is 2.25 bits per heavy atom. The van der Waals surface area contributed by atoms with Crippen LogP contribution in [0.3, 0.4) is 0 Å². The first kappa shape index (κ1) is 7.83. The zero-order valence-electron chi connectivity index (χ0n) is 5.69. The fourth-order valence-corrected chi connectivity index (χ4v) is 0.652. The van der Waals surface area contributed by atoms with Gasteiger partial charge in [-0.1, -0.05) is 6.92 Å². The van der Waals surface area contributed by atoms with Crippen molar-refractivity contribution in [3.63, 3.8) is 0 Å². The number of nitrogens with zero attached hydrogens (tertiary/aromatic N) is 1. The lowest BCUT2D eigenvalue weighted by Crippen LogP contribution is -2.23. The van der Waals surface area contributed by atoms with Gasteiger partial charge < -0.3 is 0 Å². The largest absolute Gasteiger partial charge is 0.266 e. The Labute approximate surface area is 52.7 Å². The maximum absolute atomic E-state index is 3.76. The lowest BCUT2D eigenvalue weighted by Gasteiger charge is -2.11. The van der Waals surface area contributed by atoms with E-state index in [0.717, 1.165) is 19.6 Å². The van der Waals surface area contributed by atoms with Gasteiger partial charge in [0.05, 0.1) is 6.92 Å².